The van der Waals surface area contributed by atoms with E-state index in [0.29, 0.717) is 22.5 Å². The molecule has 2 N–H and O–H groups in total. The first-order valence-corrected chi connectivity index (χ1v) is 10.2. The van der Waals surface area contributed by atoms with Crippen LogP contribution in [0.25, 0.3) is 0 Å². The van der Waals surface area contributed by atoms with Crippen molar-refractivity contribution in [1.82, 2.24) is 0 Å². The highest BCUT2D eigenvalue weighted by Crippen LogP contribution is 2.19. The fourth-order valence-electron chi connectivity index (χ4n) is 3.21. The highest BCUT2D eigenvalue weighted by Gasteiger charge is 2.13. The van der Waals surface area contributed by atoms with Gasteiger partial charge in [-0.3, -0.25) is 9.59 Å². The Hall–Kier alpha value is -4.38. The number of para-hydroxylation sites is 1. The topological polar surface area (TPSA) is 67.4 Å². The molecule has 4 aromatic rings. The zero-order chi connectivity index (χ0) is 22.2. The van der Waals surface area contributed by atoms with Crippen molar-refractivity contribution in [2.75, 3.05) is 10.6 Å². The molecule has 158 valence electrons. The van der Waals surface area contributed by atoms with Crippen LogP contribution in [0.4, 0.5) is 11.4 Å². The van der Waals surface area contributed by atoms with Gasteiger partial charge in [-0.1, -0.05) is 60.7 Å². The summed E-state index contributed by atoms with van der Waals surface area (Å²) in [6.45, 7) is 0.279. The van der Waals surface area contributed by atoms with Crippen LogP contribution in [-0.2, 0) is 6.61 Å². The number of nitrogens with one attached hydrogen (secondary N) is 2. The number of carbonyl (C=O) groups excluding carboxylic acids is 2. The average molecular weight is 422 g/mol. The van der Waals surface area contributed by atoms with Gasteiger partial charge in [-0.25, -0.2) is 0 Å². The Labute approximate surface area is 186 Å². The summed E-state index contributed by atoms with van der Waals surface area (Å²) in [5.74, 6) is 0.283. The maximum atomic E-state index is 12.9. The molecule has 0 bridgehead atoms. The Morgan fingerprint density at radius 1 is 0.625 bits per heavy atom. The smallest absolute Gasteiger partial charge is 0.256 e. The molecule has 0 aliphatic heterocycles. The second-order valence-electron chi connectivity index (χ2n) is 7.11. The molecular formula is C27H22N2O3. The highest BCUT2D eigenvalue weighted by atomic mass is 16.5. The molecule has 2 amide bonds. The van der Waals surface area contributed by atoms with Crippen molar-refractivity contribution >= 4 is 23.2 Å². The van der Waals surface area contributed by atoms with Crippen molar-refractivity contribution in [2.45, 2.75) is 6.61 Å². The number of carbonyl (C=O) groups is 2. The Morgan fingerprint density at radius 2 is 1.22 bits per heavy atom. The maximum Gasteiger partial charge on any atom is 0.256 e. The molecule has 0 saturated heterocycles. The first-order chi connectivity index (χ1) is 15.7. The number of rotatable bonds is 7. The van der Waals surface area contributed by atoms with E-state index in [-0.39, 0.29) is 18.4 Å². The first kappa shape index (κ1) is 20.9. The van der Waals surface area contributed by atoms with Gasteiger partial charge in [-0.05, 0) is 48.5 Å². The van der Waals surface area contributed by atoms with Gasteiger partial charge in [0.15, 0.2) is 0 Å². The first-order valence-electron chi connectivity index (χ1n) is 10.2. The number of hydrogen-bond donors (Lipinski definition) is 2. The molecule has 0 atom stereocenters. The molecule has 4 rings (SSSR count). The third-order valence-corrected chi connectivity index (χ3v) is 4.81. The van der Waals surface area contributed by atoms with Gasteiger partial charge in [0.1, 0.15) is 12.4 Å². The minimum Gasteiger partial charge on any atom is -0.489 e. The maximum absolute atomic E-state index is 12.9. The molecule has 0 radical (unpaired) electrons. The number of ether oxygens (including phenoxy) is 1. The molecule has 0 spiro atoms. The van der Waals surface area contributed by atoms with E-state index in [0.717, 1.165) is 11.3 Å². The highest BCUT2D eigenvalue weighted by molar-refractivity contribution is 6.07. The van der Waals surface area contributed by atoms with E-state index in [2.05, 4.69) is 10.6 Å². The van der Waals surface area contributed by atoms with E-state index in [1.165, 1.54) is 0 Å². The van der Waals surface area contributed by atoms with Crippen molar-refractivity contribution in [3.63, 3.8) is 0 Å². The number of anilines is 2. The molecule has 5 heteroatoms. The van der Waals surface area contributed by atoms with Crippen LogP contribution in [0.5, 0.6) is 5.75 Å². The van der Waals surface area contributed by atoms with Crippen molar-refractivity contribution in [3.8, 4) is 5.75 Å². The Morgan fingerprint density at radius 3 is 1.94 bits per heavy atom. The van der Waals surface area contributed by atoms with E-state index in [4.69, 9.17) is 4.74 Å². The molecule has 0 unspecified atom stereocenters. The summed E-state index contributed by atoms with van der Waals surface area (Å²) in [5.41, 5.74) is 3.05. The van der Waals surface area contributed by atoms with E-state index in [9.17, 15) is 9.59 Å². The summed E-state index contributed by atoms with van der Waals surface area (Å²) >= 11 is 0. The molecule has 0 aliphatic carbocycles. The van der Waals surface area contributed by atoms with E-state index >= 15 is 0 Å². The summed E-state index contributed by atoms with van der Waals surface area (Å²) in [6.07, 6.45) is 0. The van der Waals surface area contributed by atoms with Crippen molar-refractivity contribution in [2.24, 2.45) is 0 Å². The normalized spacial score (nSPS) is 10.2. The fourth-order valence-corrected chi connectivity index (χ4v) is 3.21. The Balaban J connectivity index is 1.44. The predicted molar refractivity (Wildman–Crippen MR) is 126 cm³/mol. The van der Waals surface area contributed by atoms with Crippen LogP contribution in [-0.4, -0.2) is 11.8 Å². The molecule has 0 heterocycles. The van der Waals surface area contributed by atoms with Crippen LogP contribution in [0.2, 0.25) is 0 Å². The second-order valence-corrected chi connectivity index (χ2v) is 7.11. The van der Waals surface area contributed by atoms with Crippen LogP contribution in [0, 0.1) is 0 Å². The fraction of sp³-hybridized carbons (Fsp3) is 0.0370. The van der Waals surface area contributed by atoms with Gasteiger partial charge in [0.2, 0.25) is 0 Å². The quantitative estimate of drug-likeness (QED) is 0.397. The van der Waals surface area contributed by atoms with Gasteiger partial charge in [-0.2, -0.15) is 0 Å². The van der Waals surface area contributed by atoms with E-state index < -0.39 is 0 Å². The van der Waals surface area contributed by atoms with Crippen molar-refractivity contribution in [1.29, 1.82) is 0 Å². The predicted octanol–water partition coefficient (Wildman–Crippen LogP) is 5.77. The van der Waals surface area contributed by atoms with E-state index in [1.807, 2.05) is 66.7 Å². The van der Waals surface area contributed by atoms with Crippen molar-refractivity contribution in [3.05, 3.63) is 126 Å². The molecule has 32 heavy (non-hydrogen) atoms. The lowest BCUT2D eigenvalue weighted by atomic mass is 10.1. The lowest BCUT2D eigenvalue weighted by Crippen LogP contribution is -2.16. The standard InChI is InChI=1S/C27H22N2O3/c30-26(20-10-3-1-4-11-20)28-22-13-9-14-23(18-22)29-27(31)25-17-8-7-12-21(25)19-32-24-15-5-2-6-16-24/h1-18H,19H2,(H,28,30)(H,29,31). The van der Waals surface area contributed by atoms with Gasteiger partial charge in [-0.15, -0.1) is 0 Å². The minimum atomic E-state index is -0.246. The number of hydrogen-bond acceptors (Lipinski definition) is 3. The third kappa shape index (κ3) is 5.40. The van der Waals surface area contributed by atoms with Gasteiger partial charge < -0.3 is 15.4 Å². The Bertz CT molecular complexity index is 1210. The van der Waals surface area contributed by atoms with E-state index in [1.54, 1.807) is 42.5 Å². The van der Waals surface area contributed by atoms with Crippen LogP contribution in [0.3, 0.4) is 0 Å². The molecule has 0 saturated carbocycles. The number of amides is 2. The molecule has 0 aliphatic rings. The van der Waals surface area contributed by atoms with Crippen LogP contribution in [0.15, 0.2) is 109 Å². The molecule has 0 fully saturated rings. The summed E-state index contributed by atoms with van der Waals surface area (Å²) in [7, 11) is 0. The summed E-state index contributed by atoms with van der Waals surface area (Å²) < 4.78 is 5.81. The SMILES string of the molecule is O=C(Nc1cccc(NC(=O)c2ccccc2COc2ccccc2)c1)c1ccccc1. The zero-order valence-corrected chi connectivity index (χ0v) is 17.3. The minimum absolute atomic E-state index is 0.211. The third-order valence-electron chi connectivity index (χ3n) is 4.81. The largest absolute Gasteiger partial charge is 0.489 e. The van der Waals surface area contributed by atoms with Gasteiger partial charge in [0, 0.05) is 28.1 Å². The van der Waals surface area contributed by atoms with Crippen LogP contribution in [0.1, 0.15) is 26.3 Å². The molecule has 0 aromatic heterocycles. The van der Waals surface area contributed by atoms with Gasteiger partial charge in [0.25, 0.3) is 11.8 Å². The number of benzene rings is 4. The van der Waals surface area contributed by atoms with Crippen molar-refractivity contribution < 1.29 is 14.3 Å². The second kappa shape index (κ2) is 10.1. The van der Waals surface area contributed by atoms with Gasteiger partial charge in [0.05, 0.1) is 0 Å². The average Bonchev–Trinajstić information content (AvgIpc) is 2.84. The zero-order valence-electron chi connectivity index (χ0n) is 17.3. The monoisotopic (exact) mass is 422 g/mol. The summed E-state index contributed by atoms with van der Waals surface area (Å²) in [5, 5.41) is 5.76. The summed E-state index contributed by atoms with van der Waals surface area (Å²) in [6, 6.07) is 32.8. The lowest BCUT2D eigenvalue weighted by molar-refractivity contribution is 0.101. The molecular weight excluding hydrogens is 400 g/mol. The lowest BCUT2D eigenvalue weighted by Gasteiger charge is -2.12. The van der Waals surface area contributed by atoms with Crippen LogP contribution >= 0.6 is 0 Å². The Kier molecular flexibility index (Phi) is 6.58. The molecule has 4 aromatic carbocycles. The van der Waals surface area contributed by atoms with Gasteiger partial charge >= 0.3 is 0 Å². The molecule has 5 nitrogen and oxygen atoms in total. The van der Waals surface area contributed by atoms with Crippen LogP contribution < -0.4 is 15.4 Å². The summed E-state index contributed by atoms with van der Waals surface area (Å²) in [4.78, 5) is 25.3.